The minimum atomic E-state index is 0.269. The zero-order valence-electron chi connectivity index (χ0n) is 11.8. The summed E-state index contributed by atoms with van der Waals surface area (Å²) < 4.78 is 0. The van der Waals surface area contributed by atoms with Gasteiger partial charge in [0.1, 0.15) is 0 Å². The lowest BCUT2D eigenvalue weighted by Gasteiger charge is -2.30. The van der Waals surface area contributed by atoms with Gasteiger partial charge in [0.15, 0.2) is 10.7 Å². The summed E-state index contributed by atoms with van der Waals surface area (Å²) >= 11 is 0. The van der Waals surface area contributed by atoms with Gasteiger partial charge < -0.3 is 9.80 Å². The molecular weight excluding hydrogens is 264 g/mol. The minimum Gasteiger partial charge on any atom is -0.357 e. The molecule has 2 unspecified atom stereocenters. The molecule has 2 heterocycles. The third-order valence-electron chi connectivity index (χ3n) is 3.58. The number of hydrogen-bond acceptors (Lipinski definition) is 6. The molecule has 2 rings (SSSR count). The predicted octanol–water partition coefficient (Wildman–Crippen LogP) is 2.00. The monoisotopic (exact) mass is 288 g/mol. The first-order valence-corrected chi connectivity index (χ1v) is 8.82. The van der Waals surface area contributed by atoms with Gasteiger partial charge in [-0.1, -0.05) is 0 Å². The van der Waals surface area contributed by atoms with Gasteiger partial charge in [-0.25, -0.2) is 4.99 Å². The number of rotatable bonds is 4. The van der Waals surface area contributed by atoms with Crippen molar-refractivity contribution in [1.29, 1.82) is 0 Å². The van der Waals surface area contributed by atoms with Crippen molar-refractivity contribution in [2.24, 2.45) is 4.99 Å². The molecule has 1 saturated heterocycles. The van der Waals surface area contributed by atoms with E-state index in [1.165, 1.54) is 32.5 Å². The van der Waals surface area contributed by atoms with Gasteiger partial charge in [0, 0.05) is 26.7 Å². The van der Waals surface area contributed by atoms with Crippen LogP contribution in [0.4, 0.5) is 0 Å². The molecule has 104 valence electrons. The smallest absolute Gasteiger partial charge is 0.172 e. The third kappa shape index (κ3) is 3.56. The molecule has 0 amide bonds. The molecule has 0 aromatic rings. The molecule has 2 aliphatic rings. The van der Waals surface area contributed by atoms with Crippen LogP contribution in [0.5, 0.6) is 0 Å². The third-order valence-corrected chi connectivity index (χ3v) is 6.16. The molecule has 1 fully saturated rings. The topological polar surface area (TPSA) is 22.1 Å². The molecule has 0 N–H and O–H groups in total. The SMILES string of the molecule is CC(CN1CCCC1)N(C)C1N=C(N(C)C)SS1. The Morgan fingerprint density at radius 1 is 1.33 bits per heavy atom. The van der Waals surface area contributed by atoms with Crippen LogP contribution in [0.3, 0.4) is 0 Å². The fraction of sp³-hybridized carbons (Fsp3) is 0.917. The van der Waals surface area contributed by atoms with E-state index in [2.05, 4.69) is 42.8 Å². The van der Waals surface area contributed by atoms with Crippen LogP contribution in [0.15, 0.2) is 4.99 Å². The van der Waals surface area contributed by atoms with Crippen molar-refractivity contribution in [3.63, 3.8) is 0 Å². The highest BCUT2D eigenvalue weighted by Crippen LogP contribution is 2.38. The van der Waals surface area contributed by atoms with Crippen molar-refractivity contribution in [2.45, 2.75) is 31.3 Å². The molecule has 2 atom stereocenters. The summed E-state index contributed by atoms with van der Waals surface area (Å²) in [6.45, 7) is 6.03. The van der Waals surface area contributed by atoms with Crippen molar-refractivity contribution in [2.75, 3.05) is 40.8 Å². The summed E-state index contributed by atoms with van der Waals surface area (Å²) in [6.07, 6.45) is 2.74. The van der Waals surface area contributed by atoms with Crippen LogP contribution in [0, 0.1) is 0 Å². The fourth-order valence-corrected chi connectivity index (χ4v) is 4.90. The van der Waals surface area contributed by atoms with Crippen LogP contribution >= 0.6 is 21.6 Å². The van der Waals surface area contributed by atoms with Gasteiger partial charge in [0.2, 0.25) is 0 Å². The molecule has 0 aliphatic carbocycles. The summed E-state index contributed by atoms with van der Waals surface area (Å²) in [5, 5.41) is 1.13. The first-order valence-electron chi connectivity index (χ1n) is 6.60. The summed E-state index contributed by atoms with van der Waals surface area (Å²) in [6, 6.07) is 0.562. The largest absolute Gasteiger partial charge is 0.357 e. The lowest BCUT2D eigenvalue weighted by atomic mass is 10.3. The van der Waals surface area contributed by atoms with Crippen molar-refractivity contribution in [3.8, 4) is 0 Å². The van der Waals surface area contributed by atoms with Crippen molar-refractivity contribution in [3.05, 3.63) is 0 Å². The van der Waals surface area contributed by atoms with Crippen LogP contribution in [0.1, 0.15) is 19.8 Å². The summed E-state index contributed by atoms with van der Waals surface area (Å²) in [7, 11) is 9.95. The number of amidine groups is 1. The first kappa shape index (κ1) is 14.5. The van der Waals surface area contributed by atoms with Gasteiger partial charge in [0.25, 0.3) is 0 Å². The number of likely N-dealkylation sites (N-methyl/N-ethyl adjacent to an activating group) is 1. The van der Waals surface area contributed by atoms with Crippen molar-refractivity contribution in [1.82, 2.24) is 14.7 Å². The zero-order valence-corrected chi connectivity index (χ0v) is 13.4. The van der Waals surface area contributed by atoms with Crippen LogP contribution < -0.4 is 0 Å². The standard InChI is InChI=1S/C12H24N4S2/c1-10(9-16-7-5-6-8-16)15(4)12-13-11(14(2)3)17-18-12/h10,12H,5-9H2,1-4H3. The van der Waals surface area contributed by atoms with E-state index in [1.807, 2.05) is 10.8 Å². The molecular formula is C12H24N4S2. The molecule has 0 spiro atoms. The van der Waals surface area contributed by atoms with Crippen LogP contribution in [-0.2, 0) is 0 Å². The van der Waals surface area contributed by atoms with E-state index < -0.39 is 0 Å². The normalized spacial score (nSPS) is 26.7. The summed E-state index contributed by atoms with van der Waals surface area (Å²) in [4.78, 5) is 11.8. The molecule has 18 heavy (non-hydrogen) atoms. The van der Waals surface area contributed by atoms with Gasteiger partial charge in [-0.2, -0.15) is 0 Å². The minimum absolute atomic E-state index is 0.269. The Balaban J connectivity index is 1.84. The van der Waals surface area contributed by atoms with E-state index in [9.17, 15) is 0 Å². The molecule has 0 saturated carbocycles. The summed E-state index contributed by atoms with van der Waals surface area (Å²) in [5.41, 5.74) is 0.269. The lowest BCUT2D eigenvalue weighted by Crippen LogP contribution is -2.42. The van der Waals surface area contributed by atoms with Crippen molar-refractivity contribution >= 4 is 26.8 Å². The number of nitrogens with zero attached hydrogens (tertiary/aromatic N) is 4. The second-order valence-electron chi connectivity index (χ2n) is 5.33. The predicted molar refractivity (Wildman–Crippen MR) is 83.0 cm³/mol. The zero-order chi connectivity index (χ0) is 13.1. The van der Waals surface area contributed by atoms with E-state index in [1.54, 1.807) is 10.8 Å². The molecule has 0 bridgehead atoms. The Kier molecular flexibility index (Phi) is 5.24. The molecule has 6 heteroatoms. The molecule has 0 aromatic carbocycles. The fourth-order valence-electron chi connectivity index (χ4n) is 2.26. The highest BCUT2D eigenvalue weighted by molar-refractivity contribution is 8.82. The molecule has 2 aliphatic heterocycles. The Morgan fingerprint density at radius 2 is 2.00 bits per heavy atom. The number of likely N-dealkylation sites (tertiary alicyclic amines) is 1. The van der Waals surface area contributed by atoms with Crippen LogP contribution in [0.25, 0.3) is 0 Å². The highest BCUT2D eigenvalue weighted by atomic mass is 33.1. The van der Waals surface area contributed by atoms with Gasteiger partial charge in [-0.05, 0) is 61.5 Å². The maximum atomic E-state index is 4.76. The van der Waals surface area contributed by atoms with Gasteiger partial charge >= 0.3 is 0 Å². The van der Waals surface area contributed by atoms with E-state index in [0.717, 1.165) is 5.17 Å². The maximum Gasteiger partial charge on any atom is 0.172 e. The summed E-state index contributed by atoms with van der Waals surface area (Å²) in [5.74, 6) is 0. The van der Waals surface area contributed by atoms with E-state index >= 15 is 0 Å². The second kappa shape index (κ2) is 6.50. The molecule has 0 radical (unpaired) electrons. The number of hydrogen-bond donors (Lipinski definition) is 0. The number of aliphatic imine (C=N–C) groups is 1. The Morgan fingerprint density at radius 3 is 2.56 bits per heavy atom. The maximum absolute atomic E-state index is 4.76. The first-order chi connectivity index (χ1) is 8.58. The van der Waals surface area contributed by atoms with E-state index in [4.69, 9.17) is 4.99 Å². The average molecular weight is 288 g/mol. The lowest BCUT2D eigenvalue weighted by molar-refractivity contribution is 0.185. The highest BCUT2D eigenvalue weighted by Gasteiger charge is 2.28. The average Bonchev–Trinajstić information content (AvgIpc) is 2.98. The Hall–Kier alpha value is 0.0900. The second-order valence-corrected chi connectivity index (χ2v) is 7.56. The van der Waals surface area contributed by atoms with Crippen LogP contribution in [-0.4, -0.2) is 72.2 Å². The Bertz CT molecular complexity index is 302. The molecule has 4 nitrogen and oxygen atoms in total. The van der Waals surface area contributed by atoms with Crippen molar-refractivity contribution < 1.29 is 0 Å². The van der Waals surface area contributed by atoms with Gasteiger partial charge in [-0.3, -0.25) is 4.90 Å². The van der Waals surface area contributed by atoms with Crippen LogP contribution in [0.2, 0.25) is 0 Å². The van der Waals surface area contributed by atoms with Gasteiger partial charge in [-0.15, -0.1) is 0 Å². The van der Waals surface area contributed by atoms with Gasteiger partial charge in [0.05, 0.1) is 0 Å². The Labute approximate surface area is 119 Å². The van der Waals surface area contributed by atoms with E-state index in [0.29, 0.717) is 6.04 Å². The molecule has 0 aromatic heterocycles. The quantitative estimate of drug-likeness (QED) is 0.736. The van der Waals surface area contributed by atoms with E-state index in [-0.39, 0.29) is 5.50 Å².